The predicted molar refractivity (Wildman–Crippen MR) is 46.6 cm³/mol. The summed E-state index contributed by atoms with van der Waals surface area (Å²) < 4.78 is 0. The van der Waals surface area contributed by atoms with Crippen molar-refractivity contribution in [3.8, 4) is 5.75 Å². The largest absolute Gasteiger partial charge is 2.00 e. The van der Waals surface area contributed by atoms with Crippen molar-refractivity contribution in [2.75, 3.05) is 0 Å². The van der Waals surface area contributed by atoms with Crippen LogP contribution in [-0.4, -0.2) is 45.4 Å². The summed E-state index contributed by atoms with van der Waals surface area (Å²) in [5.74, 6) is -1.62. The summed E-state index contributed by atoms with van der Waals surface area (Å²) in [7, 11) is 0. The molecular formula is C8H6MgO6. The first-order valence-corrected chi connectivity index (χ1v) is 3.34. The van der Waals surface area contributed by atoms with E-state index in [2.05, 4.69) is 0 Å². The van der Waals surface area contributed by atoms with Crippen molar-refractivity contribution in [3.63, 3.8) is 0 Å². The molecule has 0 fully saturated rings. The van der Waals surface area contributed by atoms with Gasteiger partial charge in [0, 0.05) is 0 Å². The first-order chi connectivity index (χ1) is 6.45. The fourth-order valence-corrected chi connectivity index (χ4v) is 0.643. The van der Waals surface area contributed by atoms with Gasteiger partial charge in [-0.3, -0.25) is 0 Å². The molecule has 1 aromatic carbocycles. The van der Waals surface area contributed by atoms with Gasteiger partial charge in [0.25, 0.3) is 0 Å². The van der Waals surface area contributed by atoms with Crippen molar-refractivity contribution in [2.24, 2.45) is 0 Å². The Hall–Kier alpha value is -1.47. The molecule has 1 aromatic rings. The Bertz CT molecular complexity index is 334. The molecule has 0 spiro atoms. The molecule has 0 atom stereocenters. The molecule has 0 heterocycles. The molecule has 0 unspecified atom stereocenters. The normalized spacial score (nSPS) is 7.73. The molecule has 1 rings (SSSR count). The average Bonchev–Trinajstić information content (AvgIpc) is 2.03. The van der Waals surface area contributed by atoms with E-state index >= 15 is 0 Å². The van der Waals surface area contributed by atoms with Crippen LogP contribution in [0.15, 0.2) is 24.3 Å². The summed E-state index contributed by atoms with van der Waals surface area (Å²) in [6.45, 7) is 0. The van der Waals surface area contributed by atoms with Crippen molar-refractivity contribution in [1.29, 1.82) is 0 Å². The van der Waals surface area contributed by atoms with Crippen LogP contribution in [0.1, 0.15) is 10.4 Å². The van der Waals surface area contributed by atoms with Gasteiger partial charge < -0.3 is 25.2 Å². The minimum absolute atomic E-state index is 0. The Morgan fingerprint density at radius 3 is 1.80 bits per heavy atom. The van der Waals surface area contributed by atoms with Crippen molar-refractivity contribution < 1.29 is 30.0 Å². The average molecular weight is 222 g/mol. The van der Waals surface area contributed by atoms with Crippen LogP contribution >= 0.6 is 0 Å². The minimum Gasteiger partial charge on any atom is -0.872 e. The van der Waals surface area contributed by atoms with Crippen LogP contribution in [0.4, 0.5) is 4.79 Å². The molecule has 0 radical (unpaired) electrons. The quantitative estimate of drug-likeness (QED) is 0.586. The van der Waals surface area contributed by atoms with Crippen LogP contribution in [0.3, 0.4) is 0 Å². The van der Waals surface area contributed by atoms with E-state index in [0.717, 1.165) is 0 Å². The molecule has 0 amide bonds. The molecule has 6 nitrogen and oxygen atoms in total. The van der Waals surface area contributed by atoms with E-state index in [4.69, 9.17) is 20.1 Å². The summed E-state index contributed by atoms with van der Waals surface area (Å²) in [6.07, 6.45) is -2.08. The predicted octanol–water partition coefficient (Wildman–Crippen LogP) is -1.03. The molecule has 76 valence electrons. The van der Waals surface area contributed by atoms with Gasteiger partial charge in [0.15, 0.2) is 0 Å². The number of aromatic carboxylic acids is 1. The number of hydrogen-bond donors (Lipinski definition) is 2. The van der Waals surface area contributed by atoms with E-state index in [1.54, 1.807) is 0 Å². The molecule has 0 bridgehead atoms. The van der Waals surface area contributed by atoms with Gasteiger partial charge in [0.2, 0.25) is 6.16 Å². The summed E-state index contributed by atoms with van der Waals surface area (Å²) in [6, 6.07) is 5.54. The SMILES string of the molecule is O=C(O)c1ccccc1[O-].O=C([O-])O.[Mg+2]. The van der Waals surface area contributed by atoms with Crippen LogP contribution in [-0.2, 0) is 0 Å². The number of benzene rings is 1. The van der Waals surface area contributed by atoms with Crippen LogP contribution in [0.2, 0.25) is 0 Å². The Kier molecular flexibility index (Phi) is 8.40. The third-order valence-corrected chi connectivity index (χ3v) is 1.12. The van der Waals surface area contributed by atoms with E-state index in [1.165, 1.54) is 24.3 Å². The number of rotatable bonds is 1. The summed E-state index contributed by atoms with van der Waals surface area (Å²) in [5.41, 5.74) is -0.178. The Balaban J connectivity index is 0. The van der Waals surface area contributed by atoms with Gasteiger partial charge in [-0.2, -0.15) is 0 Å². The standard InChI is InChI=1S/C7H6O3.CH2O3.Mg/c8-6-4-2-1-3-5(6)7(9)10;2-1(3)4;/h1-4,8H,(H,9,10);(H2,2,3,4);/q;;+2/p-2. The van der Waals surface area contributed by atoms with Gasteiger partial charge in [-0.15, -0.1) is 0 Å². The fraction of sp³-hybridized carbons (Fsp3) is 0. The van der Waals surface area contributed by atoms with Gasteiger partial charge in [-0.1, -0.05) is 23.9 Å². The summed E-state index contributed by atoms with van der Waals surface area (Å²) in [5, 5.41) is 34.4. The minimum atomic E-state index is -2.08. The third-order valence-electron chi connectivity index (χ3n) is 1.12. The first-order valence-electron chi connectivity index (χ1n) is 3.34. The van der Waals surface area contributed by atoms with E-state index in [-0.39, 0.29) is 28.6 Å². The Morgan fingerprint density at radius 2 is 1.53 bits per heavy atom. The molecule has 15 heavy (non-hydrogen) atoms. The van der Waals surface area contributed by atoms with E-state index in [0.29, 0.717) is 0 Å². The summed E-state index contributed by atoms with van der Waals surface area (Å²) >= 11 is 0. The van der Waals surface area contributed by atoms with Gasteiger partial charge in [-0.05, 0) is 6.07 Å². The third kappa shape index (κ3) is 7.59. The van der Waals surface area contributed by atoms with E-state index in [9.17, 15) is 9.90 Å². The van der Waals surface area contributed by atoms with Crippen LogP contribution in [0.5, 0.6) is 5.75 Å². The molecule has 0 aliphatic rings. The molecule has 2 N–H and O–H groups in total. The molecule has 0 aliphatic heterocycles. The van der Waals surface area contributed by atoms with Gasteiger partial charge >= 0.3 is 29.0 Å². The van der Waals surface area contributed by atoms with Crippen molar-refractivity contribution in [3.05, 3.63) is 29.8 Å². The maximum absolute atomic E-state index is 10.7. The van der Waals surface area contributed by atoms with E-state index < -0.39 is 17.9 Å². The molecule has 0 saturated carbocycles. The smallest absolute Gasteiger partial charge is 0.872 e. The Labute approximate surface area is 101 Å². The number of carboxylic acid groups (broad SMARTS) is 3. The second kappa shape index (κ2) is 7.89. The van der Waals surface area contributed by atoms with Gasteiger partial charge in [-0.25, -0.2) is 4.79 Å². The Morgan fingerprint density at radius 1 is 1.13 bits per heavy atom. The zero-order chi connectivity index (χ0) is 11.1. The van der Waals surface area contributed by atoms with Gasteiger partial charge in [0.1, 0.15) is 0 Å². The monoisotopic (exact) mass is 222 g/mol. The van der Waals surface area contributed by atoms with Crippen LogP contribution in [0, 0.1) is 0 Å². The number of carboxylic acids is 1. The fourth-order valence-electron chi connectivity index (χ4n) is 0.643. The van der Waals surface area contributed by atoms with Crippen molar-refractivity contribution in [2.45, 2.75) is 0 Å². The van der Waals surface area contributed by atoms with Crippen LogP contribution < -0.4 is 10.2 Å². The van der Waals surface area contributed by atoms with Gasteiger partial charge in [0.05, 0.1) is 5.56 Å². The molecular weight excluding hydrogens is 216 g/mol. The molecule has 0 aromatic heterocycles. The zero-order valence-electron chi connectivity index (χ0n) is 7.54. The second-order valence-electron chi connectivity index (χ2n) is 2.07. The summed E-state index contributed by atoms with van der Waals surface area (Å²) in [4.78, 5) is 18.7. The number of carbonyl (C=O) groups is 2. The molecule has 0 saturated heterocycles. The second-order valence-corrected chi connectivity index (χ2v) is 2.07. The van der Waals surface area contributed by atoms with Crippen molar-refractivity contribution in [1.82, 2.24) is 0 Å². The topological polar surface area (TPSA) is 121 Å². The molecule has 7 heteroatoms. The van der Waals surface area contributed by atoms with Crippen molar-refractivity contribution >= 4 is 35.2 Å². The maximum atomic E-state index is 10.7. The first kappa shape index (κ1) is 16.0. The van der Waals surface area contributed by atoms with Crippen LogP contribution in [0.25, 0.3) is 0 Å². The van der Waals surface area contributed by atoms with E-state index in [1.807, 2.05) is 0 Å². The molecule has 0 aliphatic carbocycles. The maximum Gasteiger partial charge on any atom is 2.00 e. The zero-order valence-corrected chi connectivity index (χ0v) is 8.96. The number of para-hydroxylation sites is 1. The number of hydrogen-bond acceptors (Lipinski definition) is 4.